The number of ether oxygens (including phenoxy) is 1. The Morgan fingerprint density at radius 3 is 1.97 bits per heavy atom. The van der Waals surface area contributed by atoms with Gasteiger partial charge in [-0.25, -0.2) is 4.79 Å². The van der Waals surface area contributed by atoms with Gasteiger partial charge in [0.1, 0.15) is 6.04 Å². The van der Waals surface area contributed by atoms with Crippen molar-refractivity contribution in [3.8, 4) is 0 Å². The molecular formula is C27H52N2O3. The van der Waals surface area contributed by atoms with Gasteiger partial charge in [0.05, 0.1) is 6.61 Å². The van der Waals surface area contributed by atoms with Crippen LogP contribution in [0.5, 0.6) is 0 Å². The number of nitrogens with one attached hydrogen (secondary N) is 1. The lowest BCUT2D eigenvalue weighted by atomic mass is 10.1. The first-order valence-corrected chi connectivity index (χ1v) is 13.5. The predicted octanol–water partition coefficient (Wildman–Crippen LogP) is 6.59. The third-order valence-corrected chi connectivity index (χ3v) is 5.68. The molecule has 0 aliphatic heterocycles. The van der Waals surface area contributed by atoms with Crippen molar-refractivity contribution in [1.29, 1.82) is 0 Å². The SMILES string of the molecule is CCCCCCCC/C=C\CCCCCCCC(=O)N[C@@H](CCCCN)C(=O)OCCC. The van der Waals surface area contributed by atoms with Gasteiger partial charge in [0.2, 0.25) is 5.91 Å². The molecule has 1 atom stereocenters. The van der Waals surface area contributed by atoms with Crippen LogP contribution in [0.15, 0.2) is 12.2 Å². The van der Waals surface area contributed by atoms with E-state index in [9.17, 15) is 9.59 Å². The number of hydrogen-bond donors (Lipinski definition) is 2. The number of rotatable bonds is 23. The Bertz CT molecular complexity index is 466. The number of allylic oxidation sites excluding steroid dienone is 2. The van der Waals surface area contributed by atoms with Crippen molar-refractivity contribution in [2.75, 3.05) is 13.2 Å². The number of carbonyl (C=O) groups excluding carboxylic acids is 2. The Morgan fingerprint density at radius 2 is 1.38 bits per heavy atom. The number of esters is 1. The molecule has 0 aromatic carbocycles. The maximum absolute atomic E-state index is 12.2. The first kappa shape index (κ1) is 30.6. The zero-order chi connectivity index (χ0) is 23.7. The second-order valence-electron chi connectivity index (χ2n) is 8.91. The number of unbranched alkanes of at least 4 members (excludes halogenated alkanes) is 12. The lowest BCUT2D eigenvalue weighted by Gasteiger charge is -2.17. The molecular weight excluding hydrogens is 400 g/mol. The number of hydrogen-bond acceptors (Lipinski definition) is 4. The van der Waals surface area contributed by atoms with Gasteiger partial charge >= 0.3 is 5.97 Å². The average molecular weight is 453 g/mol. The van der Waals surface area contributed by atoms with Crippen LogP contribution in [0.2, 0.25) is 0 Å². The molecule has 5 heteroatoms. The van der Waals surface area contributed by atoms with E-state index in [1.165, 1.54) is 64.2 Å². The lowest BCUT2D eigenvalue weighted by molar-refractivity contribution is -0.148. The van der Waals surface area contributed by atoms with E-state index >= 15 is 0 Å². The van der Waals surface area contributed by atoms with E-state index in [4.69, 9.17) is 10.5 Å². The summed E-state index contributed by atoms with van der Waals surface area (Å²) in [5.74, 6) is -0.365. The van der Waals surface area contributed by atoms with Gasteiger partial charge in [-0.1, -0.05) is 77.4 Å². The average Bonchev–Trinajstić information content (AvgIpc) is 2.79. The summed E-state index contributed by atoms with van der Waals surface area (Å²) in [6.45, 7) is 5.22. The summed E-state index contributed by atoms with van der Waals surface area (Å²) >= 11 is 0. The third-order valence-electron chi connectivity index (χ3n) is 5.68. The fourth-order valence-electron chi connectivity index (χ4n) is 3.67. The highest BCUT2D eigenvalue weighted by Crippen LogP contribution is 2.10. The van der Waals surface area contributed by atoms with Gasteiger partial charge in [-0.2, -0.15) is 0 Å². The smallest absolute Gasteiger partial charge is 0.328 e. The molecule has 0 fully saturated rings. The first-order chi connectivity index (χ1) is 15.7. The summed E-state index contributed by atoms with van der Waals surface area (Å²) in [7, 11) is 0. The van der Waals surface area contributed by atoms with Crippen molar-refractivity contribution < 1.29 is 14.3 Å². The molecule has 0 radical (unpaired) electrons. The van der Waals surface area contributed by atoms with Crippen LogP contribution in [0.25, 0.3) is 0 Å². The van der Waals surface area contributed by atoms with Gasteiger partial charge < -0.3 is 15.8 Å². The Labute approximate surface area is 198 Å². The highest BCUT2D eigenvalue weighted by molar-refractivity contribution is 5.84. The van der Waals surface area contributed by atoms with Crippen LogP contribution in [-0.4, -0.2) is 31.1 Å². The van der Waals surface area contributed by atoms with Gasteiger partial charge in [0.25, 0.3) is 0 Å². The molecule has 0 saturated carbocycles. The standard InChI is InChI=1S/C27H52N2O3/c1-3-5-6-7-8-9-10-11-12-13-14-15-16-17-18-22-26(30)29-25(21-19-20-23-28)27(31)32-24-4-2/h11-12,25H,3-10,13-24,28H2,1-2H3,(H,29,30)/b12-11-/t25-/m0/s1. The zero-order valence-electron chi connectivity index (χ0n) is 21.2. The summed E-state index contributed by atoms with van der Waals surface area (Å²) < 4.78 is 5.23. The molecule has 1 amide bonds. The van der Waals surface area contributed by atoms with Crippen LogP contribution in [0, 0.1) is 0 Å². The minimum atomic E-state index is -0.538. The van der Waals surface area contributed by atoms with Crippen LogP contribution in [-0.2, 0) is 14.3 Å². The minimum absolute atomic E-state index is 0.0474. The molecule has 0 rings (SSSR count). The Kier molecular flexibility index (Phi) is 23.3. The van der Waals surface area contributed by atoms with Crippen molar-refractivity contribution >= 4 is 11.9 Å². The monoisotopic (exact) mass is 452 g/mol. The second kappa shape index (κ2) is 24.3. The van der Waals surface area contributed by atoms with Crippen molar-refractivity contribution in [3.05, 3.63) is 12.2 Å². The maximum Gasteiger partial charge on any atom is 0.328 e. The Hall–Kier alpha value is -1.36. The van der Waals surface area contributed by atoms with Crippen LogP contribution in [0.3, 0.4) is 0 Å². The quantitative estimate of drug-likeness (QED) is 0.104. The predicted molar refractivity (Wildman–Crippen MR) is 136 cm³/mol. The van der Waals surface area contributed by atoms with Gasteiger partial charge in [0, 0.05) is 6.42 Å². The van der Waals surface area contributed by atoms with E-state index in [2.05, 4.69) is 24.4 Å². The van der Waals surface area contributed by atoms with Crippen molar-refractivity contribution in [3.63, 3.8) is 0 Å². The highest BCUT2D eigenvalue weighted by atomic mass is 16.5. The molecule has 3 N–H and O–H groups in total. The fraction of sp³-hybridized carbons (Fsp3) is 0.852. The molecule has 0 aliphatic rings. The normalized spacial score (nSPS) is 12.2. The van der Waals surface area contributed by atoms with E-state index < -0.39 is 6.04 Å². The topological polar surface area (TPSA) is 81.4 Å². The molecule has 0 aromatic heterocycles. The Balaban J connectivity index is 3.74. The second-order valence-corrected chi connectivity index (χ2v) is 8.91. The van der Waals surface area contributed by atoms with Gasteiger partial charge in [-0.3, -0.25) is 4.79 Å². The van der Waals surface area contributed by atoms with Gasteiger partial charge in [0.15, 0.2) is 0 Å². The van der Waals surface area contributed by atoms with Crippen LogP contribution in [0.4, 0.5) is 0 Å². The molecule has 0 bridgehead atoms. The van der Waals surface area contributed by atoms with Crippen molar-refractivity contribution in [2.45, 2.75) is 135 Å². The summed E-state index contributed by atoms with van der Waals surface area (Å²) in [6.07, 6.45) is 24.3. The van der Waals surface area contributed by atoms with E-state index in [-0.39, 0.29) is 11.9 Å². The molecule has 5 nitrogen and oxygen atoms in total. The van der Waals surface area contributed by atoms with Gasteiger partial charge in [-0.15, -0.1) is 0 Å². The van der Waals surface area contributed by atoms with Crippen molar-refractivity contribution in [2.24, 2.45) is 5.73 Å². The van der Waals surface area contributed by atoms with Gasteiger partial charge in [-0.05, 0) is 64.3 Å². The summed E-state index contributed by atoms with van der Waals surface area (Å²) in [5.41, 5.74) is 5.54. The van der Waals surface area contributed by atoms with Crippen molar-refractivity contribution in [1.82, 2.24) is 5.32 Å². The Morgan fingerprint density at radius 1 is 0.781 bits per heavy atom. The molecule has 0 aromatic rings. The number of amides is 1. The van der Waals surface area contributed by atoms with E-state index in [0.717, 1.165) is 38.5 Å². The summed E-state index contributed by atoms with van der Waals surface area (Å²) in [5, 5.41) is 2.87. The third kappa shape index (κ3) is 20.5. The van der Waals surface area contributed by atoms with E-state index in [1.807, 2.05) is 6.92 Å². The highest BCUT2D eigenvalue weighted by Gasteiger charge is 2.21. The molecule has 0 aliphatic carbocycles. The fourth-order valence-corrected chi connectivity index (χ4v) is 3.67. The molecule has 188 valence electrons. The molecule has 32 heavy (non-hydrogen) atoms. The van der Waals surface area contributed by atoms with Crippen LogP contribution < -0.4 is 11.1 Å². The maximum atomic E-state index is 12.2. The summed E-state index contributed by atoms with van der Waals surface area (Å²) in [4.78, 5) is 24.4. The zero-order valence-corrected chi connectivity index (χ0v) is 21.2. The van der Waals surface area contributed by atoms with Crippen LogP contribution in [0.1, 0.15) is 129 Å². The van der Waals surface area contributed by atoms with Crippen LogP contribution >= 0.6 is 0 Å². The largest absolute Gasteiger partial charge is 0.464 e. The number of carbonyl (C=O) groups is 2. The first-order valence-electron chi connectivity index (χ1n) is 13.5. The molecule has 0 saturated heterocycles. The molecule has 0 spiro atoms. The summed E-state index contributed by atoms with van der Waals surface area (Å²) in [6, 6.07) is -0.538. The molecule has 0 heterocycles. The minimum Gasteiger partial charge on any atom is -0.464 e. The number of nitrogens with two attached hydrogens (primary N) is 1. The van der Waals surface area contributed by atoms with E-state index in [1.54, 1.807) is 0 Å². The molecule has 0 unspecified atom stereocenters. The van der Waals surface area contributed by atoms with E-state index in [0.29, 0.717) is 26.0 Å². The lowest BCUT2D eigenvalue weighted by Crippen LogP contribution is -2.42.